The molecule has 0 aliphatic rings. The Morgan fingerprint density at radius 3 is 2.95 bits per heavy atom. The number of aryl methyl sites for hydroxylation is 1. The molecule has 19 heavy (non-hydrogen) atoms. The summed E-state index contributed by atoms with van der Waals surface area (Å²) in [5, 5.41) is 9.85. The zero-order chi connectivity index (χ0) is 13.2. The number of rotatable bonds is 4. The summed E-state index contributed by atoms with van der Waals surface area (Å²) < 4.78 is 0. The average Bonchev–Trinajstić information content (AvgIpc) is 3.02. The summed E-state index contributed by atoms with van der Waals surface area (Å²) in [4.78, 5) is 21.2. The molecule has 0 saturated carbocycles. The largest absolute Gasteiger partial charge is 0.481 e. The van der Waals surface area contributed by atoms with Crippen molar-refractivity contribution in [3.8, 4) is 11.3 Å². The van der Waals surface area contributed by atoms with Crippen LogP contribution in [0.5, 0.6) is 0 Å². The number of hydrogen-bond donors (Lipinski definition) is 3. The van der Waals surface area contributed by atoms with Gasteiger partial charge in [-0.15, -0.1) is 0 Å². The van der Waals surface area contributed by atoms with E-state index in [1.807, 2.05) is 30.5 Å². The van der Waals surface area contributed by atoms with Gasteiger partial charge in [0.05, 0.1) is 18.4 Å². The van der Waals surface area contributed by atoms with E-state index in [0.29, 0.717) is 6.42 Å². The first-order valence-corrected chi connectivity index (χ1v) is 6.06. The highest BCUT2D eigenvalue weighted by Gasteiger charge is 2.13. The van der Waals surface area contributed by atoms with Gasteiger partial charge in [0.2, 0.25) is 0 Å². The van der Waals surface area contributed by atoms with Gasteiger partial charge in [0, 0.05) is 34.8 Å². The van der Waals surface area contributed by atoms with Crippen molar-refractivity contribution in [1.29, 1.82) is 0 Å². The second kappa shape index (κ2) is 4.61. The van der Waals surface area contributed by atoms with Crippen LogP contribution in [0.15, 0.2) is 36.8 Å². The number of fused-ring (bicyclic) bond motifs is 1. The Bertz CT molecular complexity index is 727. The van der Waals surface area contributed by atoms with Crippen LogP contribution in [0.25, 0.3) is 22.2 Å². The number of imidazole rings is 1. The van der Waals surface area contributed by atoms with E-state index in [4.69, 9.17) is 5.11 Å². The summed E-state index contributed by atoms with van der Waals surface area (Å²) in [5.74, 6) is -0.806. The van der Waals surface area contributed by atoms with Crippen LogP contribution in [-0.2, 0) is 11.2 Å². The number of hydrogen-bond acceptors (Lipinski definition) is 2. The topological polar surface area (TPSA) is 81.8 Å². The Kier molecular flexibility index (Phi) is 2.79. The number of nitrogens with one attached hydrogen (secondary N) is 2. The van der Waals surface area contributed by atoms with Crippen LogP contribution >= 0.6 is 0 Å². The van der Waals surface area contributed by atoms with Crippen LogP contribution in [-0.4, -0.2) is 26.0 Å². The van der Waals surface area contributed by atoms with Gasteiger partial charge in [-0.05, 0) is 6.07 Å². The van der Waals surface area contributed by atoms with E-state index in [1.165, 1.54) is 0 Å². The molecule has 96 valence electrons. The van der Waals surface area contributed by atoms with Crippen LogP contribution < -0.4 is 0 Å². The van der Waals surface area contributed by atoms with Crippen molar-refractivity contribution < 1.29 is 9.90 Å². The first-order valence-electron chi connectivity index (χ1n) is 6.06. The van der Waals surface area contributed by atoms with Crippen LogP contribution in [0.3, 0.4) is 0 Å². The molecule has 0 aliphatic heterocycles. The second-order valence-corrected chi connectivity index (χ2v) is 4.37. The van der Waals surface area contributed by atoms with Gasteiger partial charge in [-0.25, -0.2) is 4.98 Å². The van der Waals surface area contributed by atoms with Crippen molar-refractivity contribution in [2.24, 2.45) is 0 Å². The van der Waals surface area contributed by atoms with E-state index >= 15 is 0 Å². The first-order chi connectivity index (χ1) is 9.25. The van der Waals surface area contributed by atoms with Crippen LogP contribution in [0.4, 0.5) is 0 Å². The molecular weight excluding hydrogens is 242 g/mol. The number of carbonyl (C=O) groups is 1. The maximum absolute atomic E-state index is 10.7. The van der Waals surface area contributed by atoms with Gasteiger partial charge in [0.25, 0.3) is 0 Å². The maximum atomic E-state index is 10.7. The highest BCUT2D eigenvalue weighted by Crippen LogP contribution is 2.29. The highest BCUT2D eigenvalue weighted by atomic mass is 16.4. The summed E-state index contributed by atoms with van der Waals surface area (Å²) in [6.07, 6.45) is 4.06. The summed E-state index contributed by atoms with van der Waals surface area (Å²) in [5.41, 5.74) is 3.72. The Morgan fingerprint density at radius 1 is 1.26 bits per heavy atom. The Morgan fingerprint density at radius 2 is 2.11 bits per heavy atom. The van der Waals surface area contributed by atoms with Gasteiger partial charge in [-0.1, -0.05) is 18.2 Å². The fourth-order valence-corrected chi connectivity index (χ4v) is 2.24. The minimum Gasteiger partial charge on any atom is -0.481 e. The third-order valence-electron chi connectivity index (χ3n) is 3.15. The van der Waals surface area contributed by atoms with Gasteiger partial charge in [-0.2, -0.15) is 0 Å². The fourth-order valence-electron chi connectivity index (χ4n) is 2.24. The molecule has 0 radical (unpaired) electrons. The Balaban J connectivity index is 2.02. The molecule has 3 aromatic rings. The zero-order valence-electron chi connectivity index (χ0n) is 10.2. The normalized spacial score (nSPS) is 10.9. The van der Waals surface area contributed by atoms with E-state index in [1.54, 1.807) is 6.33 Å². The lowest BCUT2D eigenvalue weighted by molar-refractivity contribution is -0.136. The van der Waals surface area contributed by atoms with E-state index in [-0.39, 0.29) is 6.42 Å². The Labute approximate surface area is 109 Å². The minimum atomic E-state index is -0.806. The molecule has 3 N–H and O–H groups in total. The van der Waals surface area contributed by atoms with Crippen molar-refractivity contribution in [1.82, 2.24) is 15.0 Å². The molecule has 0 saturated heterocycles. The zero-order valence-corrected chi connectivity index (χ0v) is 10.2. The summed E-state index contributed by atoms with van der Waals surface area (Å²) >= 11 is 0. The number of aliphatic carboxylic acids is 1. The third kappa shape index (κ3) is 2.10. The molecule has 2 aromatic heterocycles. The molecule has 0 aliphatic carbocycles. The predicted molar refractivity (Wildman–Crippen MR) is 71.8 cm³/mol. The number of nitrogens with zero attached hydrogens (tertiary/aromatic N) is 1. The standard InChI is InChI=1S/C14H13N3O2/c18-13(19)6-5-12-14(17-8-16-12)10-7-15-11-4-2-1-3-9(10)11/h1-4,7-8,15H,5-6H2,(H,16,17)(H,18,19). The molecule has 0 unspecified atom stereocenters. The molecule has 0 fully saturated rings. The molecule has 5 heteroatoms. The van der Waals surface area contributed by atoms with Gasteiger partial charge < -0.3 is 15.1 Å². The van der Waals surface area contributed by atoms with E-state index in [2.05, 4.69) is 15.0 Å². The van der Waals surface area contributed by atoms with Crippen molar-refractivity contribution in [3.63, 3.8) is 0 Å². The van der Waals surface area contributed by atoms with E-state index < -0.39 is 5.97 Å². The lowest BCUT2D eigenvalue weighted by Gasteiger charge is -2.00. The number of carboxylic acids is 1. The van der Waals surface area contributed by atoms with Crippen LogP contribution in [0.2, 0.25) is 0 Å². The fraction of sp³-hybridized carbons (Fsp3) is 0.143. The predicted octanol–water partition coefficient (Wildman–Crippen LogP) is 2.58. The lowest BCUT2D eigenvalue weighted by atomic mass is 10.1. The quantitative estimate of drug-likeness (QED) is 0.670. The van der Waals surface area contributed by atoms with Crippen molar-refractivity contribution in [3.05, 3.63) is 42.5 Å². The molecular formula is C14H13N3O2. The molecule has 5 nitrogen and oxygen atoms in total. The summed E-state index contributed by atoms with van der Waals surface area (Å²) in [6.45, 7) is 0. The van der Waals surface area contributed by atoms with Gasteiger partial charge >= 0.3 is 5.97 Å². The van der Waals surface area contributed by atoms with Crippen molar-refractivity contribution >= 4 is 16.9 Å². The smallest absolute Gasteiger partial charge is 0.303 e. The molecule has 0 spiro atoms. The van der Waals surface area contributed by atoms with Gasteiger partial charge in [-0.3, -0.25) is 4.79 Å². The molecule has 0 atom stereocenters. The first kappa shape index (κ1) is 11.5. The summed E-state index contributed by atoms with van der Waals surface area (Å²) in [6, 6.07) is 7.97. The molecule has 2 heterocycles. The lowest BCUT2D eigenvalue weighted by Crippen LogP contribution is -1.98. The number of H-pyrrole nitrogens is 2. The number of aromatic amines is 2. The van der Waals surface area contributed by atoms with E-state index in [0.717, 1.165) is 27.9 Å². The monoisotopic (exact) mass is 255 g/mol. The third-order valence-corrected chi connectivity index (χ3v) is 3.15. The van der Waals surface area contributed by atoms with Crippen LogP contribution in [0, 0.1) is 0 Å². The maximum Gasteiger partial charge on any atom is 0.303 e. The number of para-hydroxylation sites is 1. The SMILES string of the molecule is O=C(O)CCc1[nH]cnc1-c1c[nH]c2ccccc12. The summed E-state index contributed by atoms with van der Waals surface area (Å²) in [7, 11) is 0. The van der Waals surface area contributed by atoms with Crippen molar-refractivity contribution in [2.75, 3.05) is 0 Å². The average molecular weight is 255 g/mol. The highest BCUT2D eigenvalue weighted by molar-refractivity contribution is 5.95. The minimum absolute atomic E-state index is 0.0948. The van der Waals surface area contributed by atoms with E-state index in [9.17, 15) is 4.79 Å². The Hall–Kier alpha value is -2.56. The van der Waals surface area contributed by atoms with Crippen molar-refractivity contribution in [2.45, 2.75) is 12.8 Å². The van der Waals surface area contributed by atoms with Gasteiger partial charge in [0.1, 0.15) is 0 Å². The van der Waals surface area contributed by atoms with Gasteiger partial charge in [0.15, 0.2) is 0 Å². The number of carboxylic acid groups (broad SMARTS) is 1. The molecule has 1 aromatic carbocycles. The number of aromatic nitrogens is 3. The number of benzene rings is 1. The molecule has 0 amide bonds. The second-order valence-electron chi connectivity index (χ2n) is 4.37. The van der Waals surface area contributed by atoms with Crippen LogP contribution in [0.1, 0.15) is 12.1 Å². The molecule has 3 rings (SSSR count). The molecule has 0 bridgehead atoms.